The first-order chi connectivity index (χ1) is 12.0. The number of guanidine groups is 1. The van der Waals surface area contributed by atoms with E-state index in [-0.39, 0.29) is 24.0 Å². The van der Waals surface area contributed by atoms with Crippen molar-refractivity contribution >= 4 is 29.9 Å². The topological polar surface area (TPSA) is 57.5 Å². The smallest absolute Gasteiger partial charge is 0.191 e. The van der Waals surface area contributed by atoms with Gasteiger partial charge < -0.3 is 20.1 Å². The zero-order chi connectivity index (χ0) is 18.2. The Hall–Kier alpha value is -0.830. The summed E-state index contributed by atoms with van der Waals surface area (Å²) in [6.07, 6.45) is 6.26. The van der Waals surface area contributed by atoms with Gasteiger partial charge in [0.05, 0.1) is 0 Å². The predicted octanol–water partition coefficient (Wildman–Crippen LogP) is 3.09. The van der Waals surface area contributed by atoms with Crippen molar-refractivity contribution < 1.29 is 0 Å². The number of piperidine rings is 1. The van der Waals surface area contributed by atoms with Crippen LogP contribution in [-0.4, -0.2) is 52.1 Å². The van der Waals surface area contributed by atoms with E-state index >= 15 is 0 Å². The third-order valence-electron chi connectivity index (χ3n) is 4.69. The van der Waals surface area contributed by atoms with Gasteiger partial charge >= 0.3 is 0 Å². The number of imidazole rings is 1. The molecular weight excluding hydrogens is 439 g/mol. The fourth-order valence-corrected chi connectivity index (χ4v) is 3.27. The lowest BCUT2D eigenvalue weighted by atomic mass is 10.0. The molecule has 0 unspecified atom stereocenters. The quantitative estimate of drug-likeness (QED) is 0.361. The van der Waals surface area contributed by atoms with Gasteiger partial charge in [-0.3, -0.25) is 0 Å². The van der Waals surface area contributed by atoms with Crippen LogP contribution in [-0.2, 0) is 13.1 Å². The monoisotopic (exact) mass is 476 g/mol. The summed E-state index contributed by atoms with van der Waals surface area (Å²) < 4.78 is 2.21. The van der Waals surface area contributed by atoms with E-state index in [1.165, 1.54) is 12.8 Å². The van der Waals surface area contributed by atoms with Crippen molar-refractivity contribution in [1.29, 1.82) is 0 Å². The van der Waals surface area contributed by atoms with E-state index in [9.17, 15) is 0 Å². The van der Waals surface area contributed by atoms with Crippen LogP contribution in [0.15, 0.2) is 17.4 Å². The summed E-state index contributed by atoms with van der Waals surface area (Å²) in [5.41, 5.74) is 0. The zero-order valence-corrected chi connectivity index (χ0v) is 19.4. The second-order valence-electron chi connectivity index (χ2n) is 7.63. The molecule has 0 radical (unpaired) electrons. The van der Waals surface area contributed by atoms with Crippen molar-refractivity contribution in [2.45, 2.75) is 72.6 Å². The number of hydrogen-bond acceptors (Lipinski definition) is 3. The number of halogens is 1. The van der Waals surface area contributed by atoms with Crippen LogP contribution in [0.4, 0.5) is 0 Å². The van der Waals surface area contributed by atoms with Gasteiger partial charge in [-0.05, 0) is 39.5 Å². The van der Waals surface area contributed by atoms with Crippen molar-refractivity contribution in [3.8, 4) is 0 Å². The zero-order valence-electron chi connectivity index (χ0n) is 17.0. The molecule has 1 aliphatic rings. The van der Waals surface area contributed by atoms with Crippen LogP contribution in [0.3, 0.4) is 0 Å². The van der Waals surface area contributed by atoms with Gasteiger partial charge in [-0.15, -0.1) is 24.0 Å². The fraction of sp³-hybridized carbons (Fsp3) is 0.789. The summed E-state index contributed by atoms with van der Waals surface area (Å²) in [5.74, 6) is 2.54. The highest BCUT2D eigenvalue weighted by Crippen LogP contribution is 2.13. The molecule has 1 aromatic heterocycles. The Morgan fingerprint density at radius 2 is 1.96 bits per heavy atom. The highest BCUT2D eigenvalue weighted by atomic mass is 127. The van der Waals surface area contributed by atoms with Crippen LogP contribution in [0.1, 0.15) is 53.3 Å². The molecule has 0 spiro atoms. The highest BCUT2D eigenvalue weighted by Gasteiger charge is 2.21. The summed E-state index contributed by atoms with van der Waals surface area (Å²) >= 11 is 0. The number of aromatic nitrogens is 2. The van der Waals surface area contributed by atoms with Crippen LogP contribution in [0.2, 0.25) is 0 Å². The van der Waals surface area contributed by atoms with Gasteiger partial charge in [0, 0.05) is 50.7 Å². The molecule has 0 amide bonds. The van der Waals surface area contributed by atoms with E-state index in [1.807, 2.05) is 12.4 Å². The molecule has 0 atom stereocenters. The van der Waals surface area contributed by atoms with E-state index in [0.29, 0.717) is 24.5 Å². The molecule has 1 saturated heterocycles. The van der Waals surface area contributed by atoms with Gasteiger partial charge in [0.25, 0.3) is 0 Å². The molecule has 2 N–H and O–H groups in total. The Kier molecular flexibility index (Phi) is 10.5. The highest BCUT2D eigenvalue weighted by molar-refractivity contribution is 14.0. The molecule has 0 bridgehead atoms. The van der Waals surface area contributed by atoms with Crippen LogP contribution >= 0.6 is 24.0 Å². The lowest BCUT2D eigenvalue weighted by Crippen LogP contribution is -2.49. The maximum absolute atomic E-state index is 4.77. The van der Waals surface area contributed by atoms with Crippen molar-refractivity contribution in [1.82, 2.24) is 25.1 Å². The van der Waals surface area contributed by atoms with E-state index < -0.39 is 0 Å². The normalized spacial score (nSPS) is 16.8. The largest absolute Gasteiger partial charge is 0.357 e. The van der Waals surface area contributed by atoms with E-state index in [0.717, 1.165) is 38.0 Å². The molecule has 1 fully saturated rings. The number of rotatable bonds is 7. The van der Waals surface area contributed by atoms with Crippen molar-refractivity contribution in [3.63, 3.8) is 0 Å². The number of aliphatic imine (C=N–C) groups is 1. The van der Waals surface area contributed by atoms with Crippen molar-refractivity contribution in [2.75, 3.05) is 19.6 Å². The number of nitrogens with zero attached hydrogens (tertiary/aromatic N) is 4. The summed E-state index contributed by atoms with van der Waals surface area (Å²) in [7, 11) is 0. The third kappa shape index (κ3) is 7.42. The first-order valence-corrected chi connectivity index (χ1v) is 9.78. The minimum Gasteiger partial charge on any atom is -0.357 e. The Bertz CT molecular complexity index is 532. The van der Waals surface area contributed by atoms with Gasteiger partial charge in [-0.25, -0.2) is 9.98 Å². The van der Waals surface area contributed by atoms with Crippen LogP contribution in [0.25, 0.3) is 0 Å². The van der Waals surface area contributed by atoms with E-state index in [1.54, 1.807) is 0 Å². The molecule has 6 nitrogen and oxygen atoms in total. The third-order valence-corrected chi connectivity index (χ3v) is 4.69. The minimum atomic E-state index is 0. The van der Waals surface area contributed by atoms with E-state index in [4.69, 9.17) is 4.99 Å². The molecule has 7 heteroatoms. The lowest BCUT2D eigenvalue weighted by Gasteiger charge is -2.35. The van der Waals surface area contributed by atoms with Crippen LogP contribution in [0, 0.1) is 5.92 Å². The molecule has 0 saturated carbocycles. The standard InChI is InChI=1S/C19H36N6.HI/c1-6-20-19(23-17-7-10-24(11-8-17)16(4)5)22-13-18-21-9-12-25(18)14-15(2)3;/h9,12,15-17H,6-8,10-11,13-14H2,1-5H3,(H2,20,22,23);1H. The van der Waals surface area contributed by atoms with Crippen molar-refractivity contribution in [3.05, 3.63) is 18.2 Å². The van der Waals surface area contributed by atoms with Crippen molar-refractivity contribution in [2.24, 2.45) is 10.9 Å². The summed E-state index contributed by atoms with van der Waals surface area (Å²) in [5, 5.41) is 6.99. The van der Waals surface area contributed by atoms with E-state index in [2.05, 4.69) is 59.7 Å². The second-order valence-corrected chi connectivity index (χ2v) is 7.63. The Labute approximate surface area is 176 Å². The fourth-order valence-electron chi connectivity index (χ4n) is 3.27. The maximum atomic E-state index is 4.77. The summed E-state index contributed by atoms with van der Waals surface area (Å²) in [4.78, 5) is 11.8. The average molecular weight is 476 g/mol. The maximum Gasteiger partial charge on any atom is 0.191 e. The van der Waals surface area contributed by atoms with Crippen LogP contribution in [0.5, 0.6) is 0 Å². The van der Waals surface area contributed by atoms with Gasteiger partial charge in [-0.2, -0.15) is 0 Å². The molecule has 150 valence electrons. The summed E-state index contributed by atoms with van der Waals surface area (Å²) in [6, 6.07) is 1.14. The molecule has 26 heavy (non-hydrogen) atoms. The molecular formula is C19H37IN6. The molecule has 0 aliphatic carbocycles. The Balaban J connectivity index is 0.00000338. The molecule has 0 aromatic carbocycles. The van der Waals surface area contributed by atoms with Gasteiger partial charge in [0.15, 0.2) is 5.96 Å². The predicted molar refractivity (Wildman–Crippen MR) is 120 cm³/mol. The molecule has 1 aromatic rings. The Morgan fingerprint density at radius 1 is 1.27 bits per heavy atom. The minimum absolute atomic E-state index is 0. The Morgan fingerprint density at radius 3 is 2.54 bits per heavy atom. The second kappa shape index (κ2) is 11.8. The molecule has 2 heterocycles. The summed E-state index contributed by atoms with van der Waals surface area (Å²) in [6.45, 7) is 15.9. The lowest BCUT2D eigenvalue weighted by molar-refractivity contribution is 0.167. The van der Waals surface area contributed by atoms with Gasteiger partial charge in [-0.1, -0.05) is 13.8 Å². The number of likely N-dealkylation sites (tertiary alicyclic amines) is 1. The molecule has 1 aliphatic heterocycles. The molecule has 2 rings (SSSR count). The number of hydrogen-bond donors (Lipinski definition) is 2. The van der Waals surface area contributed by atoms with Gasteiger partial charge in [0.2, 0.25) is 0 Å². The first kappa shape index (κ1) is 23.2. The first-order valence-electron chi connectivity index (χ1n) is 9.78. The van der Waals surface area contributed by atoms with Crippen LogP contribution < -0.4 is 10.6 Å². The SMILES string of the molecule is CCNC(=NCc1nccn1CC(C)C)NC1CCN(C(C)C)CC1.I. The number of nitrogens with one attached hydrogen (secondary N) is 2. The average Bonchev–Trinajstić information content (AvgIpc) is 2.99. The van der Waals surface area contributed by atoms with Gasteiger partial charge in [0.1, 0.15) is 12.4 Å².